The van der Waals surface area contributed by atoms with Gasteiger partial charge in [0.05, 0.1) is 12.2 Å². The van der Waals surface area contributed by atoms with Gasteiger partial charge in [0.1, 0.15) is 0 Å². The van der Waals surface area contributed by atoms with Crippen LogP contribution in [-0.4, -0.2) is 36.2 Å². The Hall–Kier alpha value is -0.770. The summed E-state index contributed by atoms with van der Waals surface area (Å²) in [7, 11) is 0. The van der Waals surface area contributed by atoms with E-state index in [0.717, 1.165) is 6.42 Å². The molecule has 3 aliphatic heterocycles. The zero-order valence-electron chi connectivity index (χ0n) is 5.62. The van der Waals surface area contributed by atoms with Crippen molar-refractivity contribution >= 4 is 6.03 Å². The fraction of sp³-hybridized carbons (Fsp3) is 0.833. The van der Waals surface area contributed by atoms with Gasteiger partial charge in [0.25, 0.3) is 0 Å². The molecule has 0 radical (unpaired) electrons. The van der Waals surface area contributed by atoms with Crippen LogP contribution in [-0.2, 0) is 4.74 Å². The molecule has 10 heavy (non-hydrogen) atoms. The highest BCUT2D eigenvalue weighted by Gasteiger charge is 2.39. The summed E-state index contributed by atoms with van der Waals surface area (Å²) < 4.78 is 5.31. The van der Waals surface area contributed by atoms with E-state index in [-0.39, 0.29) is 18.2 Å². The van der Waals surface area contributed by atoms with E-state index in [0.29, 0.717) is 13.1 Å². The fourth-order valence-corrected chi connectivity index (χ4v) is 1.54. The number of amides is 2. The van der Waals surface area contributed by atoms with Gasteiger partial charge in [-0.2, -0.15) is 0 Å². The van der Waals surface area contributed by atoms with Gasteiger partial charge in [0.15, 0.2) is 0 Å². The number of carbonyl (C=O) groups is 1. The summed E-state index contributed by atoms with van der Waals surface area (Å²) in [6.07, 6.45) is 1.64. The lowest BCUT2D eigenvalue weighted by molar-refractivity contribution is -0.170. The van der Waals surface area contributed by atoms with E-state index in [1.807, 2.05) is 0 Å². The maximum absolute atomic E-state index is 10.6. The lowest BCUT2D eigenvalue weighted by atomic mass is 9.99. The number of urea groups is 1. The minimum absolute atomic E-state index is 0.270. The number of fused-ring (bicyclic) bond motifs is 2. The summed E-state index contributed by atoms with van der Waals surface area (Å²) in [5.41, 5.74) is 5.08. The zero-order valence-corrected chi connectivity index (χ0v) is 5.62. The molecule has 0 aromatic heterocycles. The number of nitrogens with zero attached hydrogens (tertiary/aromatic N) is 1. The molecule has 56 valence electrons. The van der Waals surface area contributed by atoms with Gasteiger partial charge in [-0.05, 0) is 0 Å². The summed E-state index contributed by atoms with van der Waals surface area (Å²) in [5, 5.41) is 0. The third-order valence-electron chi connectivity index (χ3n) is 2.07. The Balaban J connectivity index is 1.97. The van der Waals surface area contributed by atoms with Crippen LogP contribution in [0.25, 0.3) is 0 Å². The highest BCUT2D eigenvalue weighted by atomic mass is 16.5. The van der Waals surface area contributed by atoms with Gasteiger partial charge < -0.3 is 15.4 Å². The van der Waals surface area contributed by atoms with Crippen LogP contribution in [0.1, 0.15) is 6.42 Å². The molecule has 3 fully saturated rings. The number of morpholine rings is 1. The van der Waals surface area contributed by atoms with E-state index in [2.05, 4.69) is 0 Å². The summed E-state index contributed by atoms with van der Waals surface area (Å²) >= 11 is 0. The second-order valence-corrected chi connectivity index (χ2v) is 2.86. The topological polar surface area (TPSA) is 55.6 Å². The molecular weight excluding hydrogens is 132 g/mol. The van der Waals surface area contributed by atoms with Crippen LogP contribution in [0.2, 0.25) is 0 Å². The number of carbonyl (C=O) groups excluding carboxylic acids is 1. The predicted molar refractivity (Wildman–Crippen MR) is 34.4 cm³/mol. The molecule has 2 atom stereocenters. The van der Waals surface area contributed by atoms with Crippen molar-refractivity contribution in [2.45, 2.75) is 18.6 Å². The number of ether oxygens (including phenoxy) is 1. The van der Waals surface area contributed by atoms with Crippen LogP contribution in [0.4, 0.5) is 4.79 Å². The Labute approximate surface area is 58.9 Å². The predicted octanol–water partition coefficient (Wildman–Crippen LogP) is -0.462. The maximum atomic E-state index is 10.6. The van der Waals surface area contributed by atoms with E-state index < -0.39 is 0 Å². The molecule has 4 nitrogen and oxygen atoms in total. The molecule has 0 spiro atoms. The molecule has 3 rings (SSSR count). The third kappa shape index (κ3) is 0.759. The Bertz CT molecular complexity index is 155. The van der Waals surface area contributed by atoms with E-state index in [4.69, 9.17) is 10.5 Å². The van der Waals surface area contributed by atoms with E-state index in [1.165, 1.54) is 0 Å². The van der Waals surface area contributed by atoms with Gasteiger partial charge in [-0.25, -0.2) is 4.79 Å². The van der Waals surface area contributed by atoms with Crippen molar-refractivity contribution in [3.8, 4) is 0 Å². The quantitative estimate of drug-likeness (QED) is 0.497. The standard InChI is InChI=1S/C6H10N2O2/c7-6(9)8-2-4-1-5(3-8)10-4/h4-5H,1-3H2,(H2,7,9). The number of piperidine rings is 1. The number of primary amides is 1. The minimum Gasteiger partial charge on any atom is -0.371 e. The molecule has 3 heterocycles. The van der Waals surface area contributed by atoms with E-state index in [1.54, 1.807) is 4.90 Å². The van der Waals surface area contributed by atoms with Crippen molar-refractivity contribution in [3.63, 3.8) is 0 Å². The van der Waals surface area contributed by atoms with Gasteiger partial charge >= 0.3 is 6.03 Å². The SMILES string of the molecule is NC(=O)N1CC2CC(C1)O2. The van der Waals surface area contributed by atoms with Gasteiger partial charge in [-0.3, -0.25) is 0 Å². The first-order valence-corrected chi connectivity index (χ1v) is 3.45. The lowest BCUT2D eigenvalue weighted by Crippen LogP contribution is -2.59. The fourth-order valence-electron chi connectivity index (χ4n) is 1.54. The highest BCUT2D eigenvalue weighted by Crippen LogP contribution is 2.27. The van der Waals surface area contributed by atoms with E-state index >= 15 is 0 Å². The number of rotatable bonds is 0. The average Bonchev–Trinajstić information content (AvgIpc) is 1.86. The van der Waals surface area contributed by atoms with Crippen LogP contribution >= 0.6 is 0 Å². The molecule has 4 heteroatoms. The number of nitrogens with two attached hydrogens (primary N) is 1. The largest absolute Gasteiger partial charge is 0.371 e. The second kappa shape index (κ2) is 1.85. The Morgan fingerprint density at radius 3 is 2.30 bits per heavy atom. The molecular formula is C6H10N2O2. The first kappa shape index (κ1) is 5.97. The van der Waals surface area contributed by atoms with Crippen molar-refractivity contribution in [2.24, 2.45) is 5.73 Å². The Kier molecular flexibility index (Phi) is 1.11. The summed E-state index contributed by atoms with van der Waals surface area (Å²) in [4.78, 5) is 12.3. The maximum Gasteiger partial charge on any atom is 0.314 e. The van der Waals surface area contributed by atoms with E-state index in [9.17, 15) is 4.79 Å². The number of hydrogen-bond donors (Lipinski definition) is 1. The minimum atomic E-state index is -0.321. The highest BCUT2D eigenvalue weighted by molar-refractivity contribution is 5.72. The normalized spacial score (nSPS) is 37.0. The lowest BCUT2D eigenvalue weighted by Gasteiger charge is -2.46. The van der Waals surface area contributed by atoms with Crippen LogP contribution in [0.3, 0.4) is 0 Å². The van der Waals surface area contributed by atoms with Gasteiger partial charge in [-0.15, -0.1) is 0 Å². The molecule has 0 saturated carbocycles. The average molecular weight is 142 g/mol. The van der Waals surface area contributed by atoms with Crippen LogP contribution in [0.5, 0.6) is 0 Å². The summed E-state index contributed by atoms with van der Waals surface area (Å²) in [5.74, 6) is 0. The smallest absolute Gasteiger partial charge is 0.314 e. The second-order valence-electron chi connectivity index (χ2n) is 2.86. The molecule has 3 aliphatic rings. The number of hydrogen-bond acceptors (Lipinski definition) is 2. The molecule has 2 unspecified atom stereocenters. The molecule has 3 saturated heterocycles. The van der Waals surface area contributed by atoms with Gasteiger partial charge in [0, 0.05) is 19.5 Å². The first-order valence-electron chi connectivity index (χ1n) is 3.45. The summed E-state index contributed by atoms with van der Waals surface area (Å²) in [6, 6.07) is -0.321. The van der Waals surface area contributed by atoms with Crippen LogP contribution in [0, 0.1) is 0 Å². The monoisotopic (exact) mass is 142 g/mol. The van der Waals surface area contributed by atoms with Crippen molar-refractivity contribution in [2.75, 3.05) is 13.1 Å². The van der Waals surface area contributed by atoms with Crippen LogP contribution in [0.15, 0.2) is 0 Å². The first-order chi connectivity index (χ1) is 4.75. The molecule has 0 aromatic rings. The molecule has 2 bridgehead atoms. The Morgan fingerprint density at radius 2 is 2.00 bits per heavy atom. The van der Waals surface area contributed by atoms with Crippen molar-refractivity contribution < 1.29 is 9.53 Å². The molecule has 0 aliphatic carbocycles. The van der Waals surface area contributed by atoms with Crippen molar-refractivity contribution in [3.05, 3.63) is 0 Å². The molecule has 0 aromatic carbocycles. The van der Waals surface area contributed by atoms with Gasteiger partial charge in [-0.1, -0.05) is 0 Å². The van der Waals surface area contributed by atoms with Crippen molar-refractivity contribution in [1.29, 1.82) is 0 Å². The molecule has 2 N–H and O–H groups in total. The Morgan fingerprint density at radius 1 is 1.50 bits per heavy atom. The summed E-state index contributed by atoms with van der Waals surface area (Å²) in [6.45, 7) is 1.37. The van der Waals surface area contributed by atoms with Crippen molar-refractivity contribution in [1.82, 2.24) is 4.90 Å². The third-order valence-corrected chi connectivity index (χ3v) is 2.07. The van der Waals surface area contributed by atoms with Gasteiger partial charge in [0.2, 0.25) is 0 Å². The molecule has 2 amide bonds. The zero-order chi connectivity index (χ0) is 7.14. The van der Waals surface area contributed by atoms with Crippen LogP contribution < -0.4 is 5.73 Å².